The monoisotopic (exact) mass is 241 g/mol. The summed E-state index contributed by atoms with van der Waals surface area (Å²) in [6.07, 6.45) is 5.02. The lowest BCUT2D eigenvalue weighted by molar-refractivity contribution is 0.529. The Morgan fingerprint density at radius 3 is 3.25 bits per heavy atom. The summed E-state index contributed by atoms with van der Waals surface area (Å²) in [6, 6.07) is 0. The van der Waals surface area contributed by atoms with Crippen LogP contribution >= 0.6 is 11.6 Å². The van der Waals surface area contributed by atoms with Crippen LogP contribution in [0.5, 0.6) is 0 Å². The average Bonchev–Trinajstić information content (AvgIpc) is 2.71. The third-order valence-corrected chi connectivity index (χ3v) is 3.40. The van der Waals surface area contributed by atoms with Crippen LogP contribution in [0.2, 0.25) is 5.02 Å². The summed E-state index contributed by atoms with van der Waals surface area (Å²) in [6.45, 7) is 4.10. The Kier molecular flexibility index (Phi) is 3.49. The van der Waals surface area contributed by atoms with Crippen LogP contribution in [-0.2, 0) is 0 Å². The fraction of sp³-hybridized carbons (Fsp3) is 0.636. The Bertz CT molecular complexity index is 418. The molecule has 1 aromatic rings. The van der Waals surface area contributed by atoms with Gasteiger partial charge < -0.3 is 9.88 Å². The molecule has 0 spiro atoms. The lowest BCUT2D eigenvalue weighted by Crippen LogP contribution is -2.24. The summed E-state index contributed by atoms with van der Waals surface area (Å²) < 4.78 is 0. The van der Waals surface area contributed by atoms with Gasteiger partial charge in [0.25, 0.3) is 5.56 Å². The van der Waals surface area contributed by atoms with Crippen molar-refractivity contribution in [3.8, 4) is 0 Å². The summed E-state index contributed by atoms with van der Waals surface area (Å²) in [5.74, 6) is 1.34. The quantitative estimate of drug-likeness (QED) is 0.881. The van der Waals surface area contributed by atoms with Crippen LogP contribution in [0.3, 0.4) is 0 Å². The molecule has 1 aliphatic rings. The lowest BCUT2D eigenvalue weighted by atomic mass is 10.0. The summed E-state index contributed by atoms with van der Waals surface area (Å²) in [5.41, 5.74) is -0.259. The van der Waals surface area contributed by atoms with E-state index >= 15 is 0 Å². The van der Waals surface area contributed by atoms with Crippen molar-refractivity contribution in [2.24, 2.45) is 5.92 Å². The van der Waals surface area contributed by atoms with E-state index in [0.717, 1.165) is 13.1 Å². The molecule has 0 aromatic carbocycles. The van der Waals surface area contributed by atoms with Crippen LogP contribution in [0.25, 0.3) is 0 Å². The zero-order chi connectivity index (χ0) is 11.5. The third-order valence-electron chi connectivity index (χ3n) is 3.06. The number of halogens is 1. The van der Waals surface area contributed by atoms with Gasteiger partial charge in [0.2, 0.25) is 0 Å². The van der Waals surface area contributed by atoms with E-state index in [1.54, 1.807) is 0 Å². The van der Waals surface area contributed by atoms with Crippen molar-refractivity contribution in [3.05, 3.63) is 21.7 Å². The number of hydrogen-bond acceptors (Lipinski definition) is 3. The first-order valence-corrected chi connectivity index (χ1v) is 6.08. The molecular weight excluding hydrogens is 226 g/mol. The molecule has 2 heterocycles. The molecular formula is C11H16ClN3O. The Hall–Kier alpha value is -1.03. The van der Waals surface area contributed by atoms with Gasteiger partial charge in [-0.25, -0.2) is 4.98 Å². The zero-order valence-electron chi connectivity index (χ0n) is 9.37. The highest BCUT2D eigenvalue weighted by Crippen LogP contribution is 2.27. The molecule has 1 N–H and O–H groups in total. The molecule has 0 amide bonds. The molecule has 2 rings (SSSR count). The Labute approximate surface area is 99.6 Å². The summed E-state index contributed by atoms with van der Waals surface area (Å²) in [5, 5.41) is 0.208. The predicted molar refractivity (Wildman–Crippen MR) is 65.1 cm³/mol. The van der Waals surface area contributed by atoms with Crippen LogP contribution in [0.1, 0.15) is 26.2 Å². The number of nitrogens with one attached hydrogen (secondary N) is 1. The number of nitrogens with zero attached hydrogens (tertiary/aromatic N) is 2. The van der Waals surface area contributed by atoms with Crippen LogP contribution < -0.4 is 10.5 Å². The van der Waals surface area contributed by atoms with E-state index in [1.165, 1.54) is 25.6 Å². The van der Waals surface area contributed by atoms with Crippen molar-refractivity contribution in [3.63, 3.8) is 0 Å². The molecule has 0 saturated carbocycles. The number of aromatic nitrogens is 2. The smallest absolute Gasteiger partial charge is 0.271 e. The highest BCUT2D eigenvalue weighted by Gasteiger charge is 2.24. The van der Waals surface area contributed by atoms with Gasteiger partial charge in [-0.15, -0.1) is 0 Å². The van der Waals surface area contributed by atoms with Crippen molar-refractivity contribution in [1.29, 1.82) is 0 Å². The molecule has 0 aliphatic carbocycles. The summed E-state index contributed by atoms with van der Waals surface area (Å²) >= 11 is 5.95. The first-order valence-electron chi connectivity index (χ1n) is 5.70. The van der Waals surface area contributed by atoms with Crippen molar-refractivity contribution >= 4 is 17.4 Å². The fourth-order valence-electron chi connectivity index (χ4n) is 2.26. The number of hydrogen-bond donors (Lipinski definition) is 1. The predicted octanol–water partition coefficient (Wildman–Crippen LogP) is 2.05. The van der Waals surface area contributed by atoms with Gasteiger partial charge in [0.05, 0.1) is 6.33 Å². The maximum Gasteiger partial charge on any atom is 0.271 e. The van der Waals surface area contributed by atoms with E-state index in [2.05, 4.69) is 21.8 Å². The minimum Gasteiger partial charge on any atom is -0.355 e. The highest BCUT2D eigenvalue weighted by atomic mass is 35.5. The topological polar surface area (TPSA) is 49.0 Å². The maximum atomic E-state index is 11.3. The van der Waals surface area contributed by atoms with Gasteiger partial charge >= 0.3 is 0 Å². The van der Waals surface area contributed by atoms with Gasteiger partial charge in [0.15, 0.2) is 5.82 Å². The van der Waals surface area contributed by atoms with Gasteiger partial charge in [-0.1, -0.05) is 24.9 Å². The van der Waals surface area contributed by atoms with E-state index < -0.39 is 0 Å². The van der Waals surface area contributed by atoms with E-state index in [1.807, 2.05) is 0 Å². The van der Waals surface area contributed by atoms with E-state index in [4.69, 9.17) is 11.6 Å². The zero-order valence-corrected chi connectivity index (χ0v) is 10.1. The summed E-state index contributed by atoms with van der Waals surface area (Å²) in [4.78, 5) is 20.1. The molecule has 0 bridgehead atoms. The largest absolute Gasteiger partial charge is 0.355 e. The third kappa shape index (κ3) is 2.21. The maximum absolute atomic E-state index is 11.3. The first kappa shape index (κ1) is 11.5. The Balaban J connectivity index is 2.14. The Morgan fingerprint density at radius 1 is 1.69 bits per heavy atom. The van der Waals surface area contributed by atoms with Crippen LogP contribution in [0.15, 0.2) is 11.1 Å². The molecule has 1 aliphatic heterocycles. The lowest BCUT2D eigenvalue weighted by Gasteiger charge is -2.17. The van der Waals surface area contributed by atoms with Crippen molar-refractivity contribution in [1.82, 2.24) is 9.97 Å². The minimum atomic E-state index is -0.259. The molecule has 1 unspecified atom stereocenters. The standard InChI is InChI=1S/C11H16ClN3O/c1-2-3-8-4-5-15(6-8)10-9(12)11(16)14-7-13-10/h7-8H,2-6H2,1H3,(H,13,14,16). The van der Waals surface area contributed by atoms with Crippen molar-refractivity contribution in [2.45, 2.75) is 26.2 Å². The molecule has 88 valence electrons. The molecule has 1 saturated heterocycles. The normalized spacial score (nSPS) is 20.4. The fourth-order valence-corrected chi connectivity index (χ4v) is 2.49. The highest BCUT2D eigenvalue weighted by molar-refractivity contribution is 6.32. The number of aromatic amines is 1. The molecule has 0 radical (unpaired) electrons. The van der Waals surface area contributed by atoms with Crippen LogP contribution in [0, 0.1) is 5.92 Å². The van der Waals surface area contributed by atoms with Crippen LogP contribution in [-0.4, -0.2) is 23.1 Å². The van der Waals surface area contributed by atoms with Gasteiger partial charge in [0, 0.05) is 13.1 Å². The van der Waals surface area contributed by atoms with E-state index in [9.17, 15) is 4.79 Å². The van der Waals surface area contributed by atoms with Gasteiger partial charge in [-0.3, -0.25) is 4.79 Å². The minimum absolute atomic E-state index is 0.208. The second-order valence-corrected chi connectivity index (χ2v) is 4.64. The van der Waals surface area contributed by atoms with Crippen molar-refractivity contribution < 1.29 is 0 Å². The van der Waals surface area contributed by atoms with Crippen LogP contribution in [0.4, 0.5) is 5.82 Å². The van der Waals surface area contributed by atoms with Gasteiger partial charge in [0.1, 0.15) is 5.02 Å². The average molecular weight is 242 g/mol. The molecule has 1 atom stereocenters. The SMILES string of the molecule is CCCC1CCN(c2nc[nH]c(=O)c2Cl)C1. The number of anilines is 1. The molecule has 4 nitrogen and oxygen atoms in total. The first-order chi connectivity index (χ1) is 7.72. The van der Waals surface area contributed by atoms with Gasteiger partial charge in [-0.2, -0.15) is 0 Å². The Morgan fingerprint density at radius 2 is 2.50 bits per heavy atom. The van der Waals surface area contributed by atoms with E-state index in [0.29, 0.717) is 11.7 Å². The number of H-pyrrole nitrogens is 1. The van der Waals surface area contributed by atoms with Crippen molar-refractivity contribution in [2.75, 3.05) is 18.0 Å². The molecule has 1 fully saturated rings. The summed E-state index contributed by atoms with van der Waals surface area (Å²) in [7, 11) is 0. The molecule has 16 heavy (non-hydrogen) atoms. The molecule has 1 aromatic heterocycles. The second-order valence-electron chi connectivity index (χ2n) is 4.26. The molecule has 5 heteroatoms. The second kappa shape index (κ2) is 4.87. The van der Waals surface area contributed by atoms with E-state index in [-0.39, 0.29) is 10.6 Å². The van der Waals surface area contributed by atoms with Gasteiger partial charge in [-0.05, 0) is 18.8 Å². The number of rotatable bonds is 3.